The van der Waals surface area contributed by atoms with E-state index in [1.807, 2.05) is 6.07 Å². The molecule has 6 nitrogen and oxygen atoms in total. The highest BCUT2D eigenvalue weighted by molar-refractivity contribution is 9.10. The molecule has 1 amide bonds. The van der Waals surface area contributed by atoms with Crippen LogP contribution in [0.2, 0.25) is 10.0 Å². The monoisotopic (exact) mass is 496 g/mol. The van der Waals surface area contributed by atoms with Crippen LogP contribution in [0.5, 0.6) is 11.5 Å². The minimum absolute atomic E-state index is 0.171. The standard InChI is InChI=1S/C20H15BrCl2N2O4/c1-3-28-18-8-12(7-15(21)19(18)29-11(2)26)6-13(10-24)20(27)25-17-9-14(22)4-5-16(17)23/h4-9H,3H2,1-2H3,(H,25,27)/b13-6-. The number of rotatable bonds is 6. The predicted octanol–water partition coefficient (Wildman–Crippen LogP) is 5.63. The van der Waals surface area contributed by atoms with Crippen LogP contribution in [0.3, 0.4) is 0 Å². The van der Waals surface area contributed by atoms with Crippen LogP contribution in [0.1, 0.15) is 19.4 Å². The van der Waals surface area contributed by atoms with Gasteiger partial charge in [-0.1, -0.05) is 23.2 Å². The molecule has 2 rings (SSSR count). The van der Waals surface area contributed by atoms with Crippen LogP contribution in [0, 0.1) is 11.3 Å². The Balaban J connectivity index is 2.39. The van der Waals surface area contributed by atoms with Crippen molar-refractivity contribution in [3.8, 4) is 17.6 Å². The van der Waals surface area contributed by atoms with Crippen LogP contribution in [-0.2, 0) is 9.59 Å². The third kappa shape index (κ3) is 6.23. The number of amides is 1. The number of ether oxygens (including phenoxy) is 2. The Labute approximate surface area is 186 Å². The van der Waals surface area contributed by atoms with Gasteiger partial charge in [0.2, 0.25) is 0 Å². The van der Waals surface area contributed by atoms with E-state index in [0.29, 0.717) is 27.4 Å². The van der Waals surface area contributed by atoms with Gasteiger partial charge in [-0.25, -0.2) is 0 Å². The number of hydrogen-bond donors (Lipinski definition) is 1. The van der Waals surface area contributed by atoms with Crippen LogP contribution in [-0.4, -0.2) is 18.5 Å². The number of hydrogen-bond acceptors (Lipinski definition) is 5. The summed E-state index contributed by atoms with van der Waals surface area (Å²) in [6.07, 6.45) is 1.37. The number of benzene rings is 2. The predicted molar refractivity (Wildman–Crippen MR) is 115 cm³/mol. The van der Waals surface area contributed by atoms with Crippen LogP contribution < -0.4 is 14.8 Å². The molecule has 2 aromatic rings. The fraction of sp³-hybridized carbons (Fsp3) is 0.150. The van der Waals surface area contributed by atoms with E-state index in [0.717, 1.165) is 0 Å². The zero-order chi connectivity index (χ0) is 21.6. The highest BCUT2D eigenvalue weighted by Gasteiger charge is 2.16. The van der Waals surface area contributed by atoms with Gasteiger partial charge in [-0.15, -0.1) is 0 Å². The van der Waals surface area contributed by atoms with E-state index in [2.05, 4.69) is 21.2 Å². The molecule has 0 aliphatic rings. The van der Waals surface area contributed by atoms with E-state index in [4.69, 9.17) is 32.7 Å². The molecular weight excluding hydrogens is 483 g/mol. The Morgan fingerprint density at radius 1 is 1.28 bits per heavy atom. The summed E-state index contributed by atoms with van der Waals surface area (Å²) in [4.78, 5) is 23.8. The van der Waals surface area contributed by atoms with E-state index in [1.54, 1.807) is 25.1 Å². The molecule has 0 aliphatic heterocycles. The van der Waals surface area contributed by atoms with Gasteiger partial charge in [0.05, 0.1) is 21.8 Å². The Kier molecular flexibility index (Phi) is 8.09. The maximum atomic E-state index is 12.5. The number of nitrogens with one attached hydrogen (secondary N) is 1. The van der Waals surface area contributed by atoms with Gasteiger partial charge in [0, 0.05) is 11.9 Å². The molecule has 1 N–H and O–H groups in total. The minimum Gasteiger partial charge on any atom is -0.490 e. The average molecular weight is 498 g/mol. The molecule has 0 aromatic heterocycles. The van der Waals surface area contributed by atoms with Gasteiger partial charge in [-0.3, -0.25) is 9.59 Å². The maximum absolute atomic E-state index is 12.5. The van der Waals surface area contributed by atoms with Gasteiger partial charge < -0.3 is 14.8 Å². The van der Waals surface area contributed by atoms with E-state index < -0.39 is 11.9 Å². The summed E-state index contributed by atoms with van der Waals surface area (Å²) >= 11 is 15.3. The Morgan fingerprint density at radius 3 is 2.62 bits per heavy atom. The second-order valence-electron chi connectivity index (χ2n) is 5.60. The maximum Gasteiger partial charge on any atom is 0.308 e. The largest absolute Gasteiger partial charge is 0.490 e. The van der Waals surface area contributed by atoms with Gasteiger partial charge in [-0.2, -0.15) is 5.26 Å². The van der Waals surface area contributed by atoms with E-state index in [1.165, 1.54) is 25.1 Å². The van der Waals surface area contributed by atoms with Crippen LogP contribution in [0.15, 0.2) is 40.4 Å². The van der Waals surface area contributed by atoms with Gasteiger partial charge >= 0.3 is 5.97 Å². The number of carbonyl (C=O) groups is 2. The number of nitriles is 1. The zero-order valence-corrected chi connectivity index (χ0v) is 18.5. The Morgan fingerprint density at radius 2 is 2.00 bits per heavy atom. The third-order valence-electron chi connectivity index (χ3n) is 3.43. The van der Waals surface area contributed by atoms with E-state index in [-0.39, 0.29) is 22.0 Å². The van der Waals surface area contributed by atoms with Crippen LogP contribution in [0.4, 0.5) is 5.69 Å². The smallest absolute Gasteiger partial charge is 0.308 e. The number of carbonyl (C=O) groups excluding carboxylic acids is 2. The van der Waals surface area contributed by atoms with Crippen molar-refractivity contribution >= 4 is 62.8 Å². The number of nitrogens with zero attached hydrogens (tertiary/aromatic N) is 1. The summed E-state index contributed by atoms with van der Waals surface area (Å²) in [5.41, 5.74) is 0.599. The molecule has 0 atom stereocenters. The van der Waals surface area contributed by atoms with Gasteiger partial charge in [0.25, 0.3) is 5.91 Å². The molecule has 0 spiro atoms. The molecule has 150 valence electrons. The fourth-order valence-electron chi connectivity index (χ4n) is 2.28. The molecule has 0 heterocycles. The quantitative estimate of drug-likeness (QED) is 0.242. The minimum atomic E-state index is -0.658. The summed E-state index contributed by atoms with van der Waals surface area (Å²) in [5.74, 6) is -0.663. The van der Waals surface area contributed by atoms with Crippen molar-refractivity contribution in [3.05, 3.63) is 56.0 Å². The van der Waals surface area contributed by atoms with Crippen molar-refractivity contribution in [2.45, 2.75) is 13.8 Å². The van der Waals surface area contributed by atoms with E-state index >= 15 is 0 Å². The molecule has 0 unspecified atom stereocenters. The van der Waals surface area contributed by atoms with Crippen molar-refractivity contribution in [2.75, 3.05) is 11.9 Å². The van der Waals surface area contributed by atoms with Crippen molar-refractivity contribution in [1.29, 1.82) is 5.26 Å². The lowest BCUT2D eigenvalue weighted by Gasteiger charge is -2.13. The second-order valence-corrected chi connectivity index (χ2v) is 7.30. The average Bonchev–Trinajstić information content (AvgIpc) is 2.65. The highest BCUT2D eigenvalue weighted by Crippen LogP contribution is 2.37. The first kappa shape index (κ1) is 22.8. The summed E-state index contributed by atoms with van der Waals surface area (Å²) in [6, 6.07) is 9.61. The molecule has 29 heavy (non-hydrogen) atoms. The first-order valence-corrected chi connectivity index (χ1v) is 9.83. The molecule has 2 aromatic carbocycles. The van der Waals surface area contributed by atoms with Crippen LogP contribution in [0.25, 0.3) is 6.08 Å². The van der Waals surface area contributed by atoms with Gasteiger partial charge in [-0.05, 0) is 64.8 Å². The summed E-state index contributed by atoms with van der Waals surface area (Å²) in [5, 5.41) is 12.7. The van der Waals surface area contributed by atoms with Crippen molar-refractivity contribution in [2.24, 2.45) is 0 Å². The molecule has 0 saturated heterocycles. The number of esters is 1. The normalized spacial score (nSPS) is 10.8. The van der Waals surface area contributed by atoms with Gasteiger partial charge in [0.1, 0.15) is 11.6 Å². The molecule has 0 saturated carbocycles. The molecule has 0 bridgehead atoms. The molecule has 9 heteroatoms. The molecule has 0 aliphatic carbocycles. The summed E-state index contributed by atoms with van der Waals surface area (Å²) in [7, 11) is 0. The topological polar surface area (TPSA) is 88.4 Å². The second kappa shape index (κ2) is 10.3. The SMILES string of the molecule is CCOc1cc(/C=C(/C#N)C(=O)Nc2cc(Cl)ccc2Cl)cc(Br)c1OC(C)=O. The first-order chi connectivity index (χ1) is 13.7. The van der Waals surface area contributed by atoms with Crippen molar-refractivity contribution < 1.29 is 19.1 Å². The van der Waals surface area contributed by atoms with Crippen molar-refractivity contribution in [1.82, 2.24) is 0 Å². The zero-order valence-electron chi connectivity index (χ0n) is 15.4. The highest BCUT2D eigenvalue weighted by atomic mass is 79.9. The molecule has 0 radical (unpaired) electrons. The Hall–Kier alpha value is -2.53. The van der Waals surface area contributed by atoms with Crippen molar-refractivity contribution in [3.63, 3.8) is 0 Å². The number of anilines is 1. The van der Waals surface area contributed by atoms with E-state index in [9.17, 15) is 14.9 Å². The lowest BCUT2D eigenvalue weighted by molar-refractivity contribution is -0.132. The molecular formula is C20H15BrCl2N2O4. The summed E-state index contributed by atoms with van der Waals surface area (Å²) < 4.78 is 11.1. The Bertz CT molecular complexity index is 1030. The first-order valence-electron chi connectivity index (χ1n) is 8.28. The van der Waals surface area contributed by atoms with Crippen LogP contribution >= 0.6 is 39.1 Å². The third-order valence-corrected chi connectivity index (χ3v) is 4.58. The lowest BCUT2D eigenvalue weighted by Crippen LogP contribution is -2.13. The fourth-order valence-corrected chi connectivity index (χ4v) is 3.15. The molecule has 0 fully saturated rings. The lowest BCUT2D eigenvalue weighted by atomic mass is 10.1. The summed E-state index contributed by atoms with van der Waals surface area (Å²) in [6.45, 7) is 3.37. The number of halogens is 3. The van der Waals surface area contributed by atoms with Gasteiger partial charge in [0.15, 0.2) is 11.5 Å².